The van der Waals surface area contributed by atoms with Gasteiger partial charge >= 0.3 is 0 Å². The molecular formula is C17H17N5S2. The van der Waals surface area contributed by atoms with Crippen LogP contribution in [-0.4, -0.2) is 31.4 Å². The first-order valence-electron chi connectivity index (χ1n) is 7.78. The molecule has 0 atom stereocenters. The molecular weight excluding hydrogens is 338 g/mol. The molecule has 7 heteroatoms. The van der Waals surface area contributed by atoms with Crippen molar-refractivity contribution in [1.82, 2.24) is 24.8 Å². The van der Waals surface area contributed by atoms with E-state index in [1.807, 2.05) is 35.3 Å². The molecule has 0 aliphatic carbocycles. The molecule has 4 aromatic rings. The van der Waals surface area contributed by atoms with Crippen LogP contribution in [0.3, 0.4) is 0 Å². The number of H-pyrrole nitrogens is 1. The predicted octanol–water partition coefficient (Wildman–Crippen LogP) is 3.72. The van der Waals surface area contributed by atoms with E-state index < -0.39 is 0 Å². The average molecular weight is 355 g/mol. The topological polar surface area (TPSA) is 57.7 Å². The Balaban J connectivity index is 0.000000138. The van der Waals surface area contributed by atoms with Gasteiger partial charge in [0, 0.05) is 31.1 Å². The van der Waals surface area contributed by atoms with Crippen molar-refractivity contribution < 1.29 is 0 Å². The molecule has 0 unspecified atom stereocenters. The number of thiazole rings is 2. The van der Waals surface area contributed by atoms with E-state index in [4.69, 9.17) is 0 Å². The van der Waals surface area contributed by atoms with Gasteiger partial charge < -0.3 is 4.98 Å². The number of hydrogen-bond acceptors (Lipinski definition) is 6. The number of rotatable bonds is 2. The van der Waals surface area contributed by atoms with Crippen molar-refractivity contribution in [2.75, 3.05) is 6.54 Å². The normalized spacial score (nSPS) is 14.2. The summed E-state index contributed by atoms with van der Waals surface area (Å²) in [4.78, 5) is 18.3. The Morgan fingerprint density at radius 1 is 1.12 bits per heavy atom. The Morgan fingerprint density at radius 3 is 2.96 bits per heavy atom. The maximum absolute atomic E-state index is 4.30. The van der Waals surface area contributed by atoms with E-state index in [1.54, 1.807) is 29.0 Å². The molecule has 1 aliphatic rings. The van der Waals surface area contributed by atoms with Crippen LogP contribution in [0.4, 0.5) is 0 Å². The third-order valence-corrected chi connectivity index (χ3v) is 5.51. The van der Waals surface area contributed by atoms with Crippen molar-refractivity contribution in [3.63, 3.8) is 0 Å². The minimum Gasteiger partial charge on any atom is -0.347 e. The van der Waals surface area contributed by atoms with Crippen molar-refractivity contribution in [3.8, 4) is 0 Å². The minimum absolute atomic E-state index is 0.954. The average Bonchev–Trinajstić information content (AvgIpc) is 3.36. The Morgan fingerprint density at radius 2 is 2.08 bits per heavy atom. The summed E-state index contributed by atoms with van der Waals surface area (Å²) in [6.07, 6.45) is 4.70. The highest BCUT2D eigenvalue weighted by Crippen LogP contribution is 2.18. The van der Waals surface area contributed by atoms with Gasteiger partial charge in [0.1, 0.15) is 5.01 Å². The second-order valence-corrected chi connectivity index (χ2v) is 7.40. The molecule has 4 heterocycles. The number of para-hydroxylation sites is 1. The van der Waals surface area contributed by atoms with Crippen molar-refractivity contribution in [2.45, 2.75) is 19.5 Å². The van der Waals surface area contributed by atoms with Gasteiger partial charge in [0.25, 0.3) is 0 Å². The molecule has 1 aromatic carbocycles. The summed E-state index contributed by atoms with van der Waals surface area (Å²) in [7, 11) is 0. The van der Waals surface area contributed by atoms with Gasteiger partial charge in [-0.15, -0.1) is 22.7 Å². The summed E-state index contributed by atoms with van der Waals surface area (Å²) in [5, 5.41) is 3.22. The third-order valence-electron chi connectivity index (χ3n) is 3.93. The first-order valence-corrected chi connectivity index (χ1v) is 9.54. The molecule has 1 aliphatic heterocycles. The van der Waals surface area contributed by atoms with Crippen molar-refractivity contribution in [3.05, 3.63) is 64.1 Å². The van der Waals surface area contributed by atoms with E-state index in [2.05, 4.69) is 30.9 Å². The third kappa shape index (κ3) is 3.53. The molecule has 0 amide bonds. The van der Waals surface area contributed by atoms with Crippen LogP contribution in [0, 0.1) is 0 Å². The van der Waals surface area contributed by atoms with Crippen molar-refractivity contribution in [1.29, 1.82) is 0 Å². The van der Waals surface area contributed by atoms with E-state index in [0.29, 0.717) is 0 Å². The van der Waals surface area contributed by atoms with Crippen LogP contribution in [0.1, 0.15) is 16.4 Å². The van der Waals surface area contributed by atoms with Gasteiger partial charge in [-0.2, -0.15) is 0 Å². The molecule has 24 heavy (non-hydrogen) atoms. The van der Waals surface area contributed by atoms with Crippen LogP contribution in [0.5, 0.6) is 0 Å². The molecule has 0 spiro atoms. The van der Waals surface area contributed by atoms with Crippen LogP contribution in [-0.2, 0) is 19.5 Å². The number of aromatic amines is 1. The molecule has 1 N–H and O–H groups in total. The van der Waals surface area contributed by atoms with Gasteiger partial charge in [-0.05, 0) is 12.1 Å². The summed E-state index contributed by atoms with van der Waals surface area (Å²) < 4.78 is 1.26. The predicted molar refractivity (Wildman–Crippen MR) is 98.1 cm³/mol. The number of nitrogens with zero attached hydrogens (tertiary/aromatic N) is 4. The van der Waals surface area contributed by atoms with Crippen molar-refractivity contribution in [2.24, 2.45) is 0 Å². The molecule has 3 aromatic heterocycles. The lowest BCUT2D eigenvalue weighted by molar-refractivity contribution is 0.241. The molecule has 5 rings (SSSR count). The number of benzene rings is 1. The maximum atomic E-state index is 4.30. The lowest BCUT2D eigenvalue weighted by Crippen LogP contribution is -2.30. The maximum Gasteiger partial charge on any atom is 0.107 e. The fourth-order valence-electron chi connectivity index (χ4n) is 2.73. The second-order valence-electron chi connectivity index (χ2n) is 5.53. The molecule has 0 bridgehead atoms. The summed E-state index contributed by atoms with van der Waals surface area (Å²) in [5.41, 5.74) is 5.45. The van der Waals surface area contributed by atoms with Crippen LogP contribution < -0.4 is 0 Å². The highest BCUT2D eigenvalue weighted by Gasteiger charge is 2.18. The standard InChI is InChI=1S/C10H12N4S.C7H5NS/c1-3-14(6-10-11-2-4-15-10)5-9-8(1)12-7-13-9;1-2-4-7-6(3-1)8-5-9-7/h2,4,7H,1,3,5-6H2,(H,12,13);1-5H. The zero-order chi connectivity index (χ0) is 16.2. The van der Waals surface area contributed by atoms with Gasteiger partial charge in [0.15, 0.2) is 0 Å². The number of fused-ring (bicyclic) bond motifs is 2. The first-order chi connectivity index (χ1) is 11.9. The zero-order valence-electron chi connectivity index (χ0n) is 13.1. The highest BCUT2D eigenvalue weighted by atomic mass is 32.1. The number of imidazole rings is 1. The largest absolute Gasteiger partial charge is 0.347 e. The quantitative estimate of drug-likeness (QED) is 0.595. The summed E-state index contributed by atoms with van der Waals surface area (Å²) in [5.74, 6) is 0. The van der Waals surface area contributed by atoms with Crippen LogP contribution in [0.25, 0.3) is 10.2 Å². The lowest BCUT2D eigenvalue weighted by atomic mass is 10.1. The van der Waals surface area contributed by atoms with Gasteiger partial charge in [-0.25, -0.2) is 15.0 Å². The summed E-state index contributed by atoms with van der Waals surface area (Å²) >= 11 is 3.40. The first kappa shape index (κ1) is 15.4. The number of hydrogen-bond donors (Lipinski definition) is 1. The van der Waals surface area contributed by atoms with Gasteiger partial charge in [0.05, 0.1) is 40.0 Å². The molecule has 0 fully saturated rings. The van der Waals surface area contributed by atoms with E-state index >= 15 is 0 Å². The molecule has 122 valence electrons. The smallest absolute Gasteiger partial charge is 0.107 e. The van der Waals surface area contributed by atoms with E-state index in [1.165, 1.54) is 21.1 Å². The monoisotopic (exact) mass is 355 g/mol. The van der Waals surface area contributed by atoms with Crippen LogP contribution in [0.15, 0.2) is 47.7 Å². The fraction of sp³-hybridized carbons (Fsp3) is 0.235. The summed E-state index contributed by atoms with van der Waals surface area (Å²) in [6, 6.07) is 8.13. The molecule has 0 saturated heterocycles. The van der Waals surface area contributed by atoms with Crippen LogP contribution in [0.2, 0.25) is 0 Å². The number of nitrogens with one attached hydrogen (secondary N) is 1. The number of aromatic nitrogens is 4. The van der Waals surface area contributed by atoms with E-state index in [-0.39, 0.29) is 0 Å². The lowest BCUT2D eigenvalue weighted by Gasteiger charge is -2.24. The molecule has 5 nitrogen and oxygen atoms in total. The Kier molecular flexibility index (Phi) is 4.64. The van der Waals surface area contributed by atoms with Gasteiger partial charge in [0.2, 0.25) is 0 Å². The SMILES string of the molecule is c1ccc2scnc2c1.c1csc(CN2CCc3nc[nH]c3C2)n1. The zero-order valence-corrected chi connectivity index (χ0v) is 14.7. The second kappa shape index (κ2) is 7.21. The fourth-order valence-corrected chi connectivity index (χ4v) is 4.07. The highest BCUT2D eigenvalue weighted by molar-refractivity contribution is 7.16. The minimum atomic E-state index is 0.954. The Bertz CT molecular complexity index is 866. The van der Waals surface area contributed by atoms with Gasteiger partial charge in [-0.3, -0.25) is 4.90 Å². The Labute approximate surface area is 148 Å². The van der Waals surface area contributed by atoms with E-state index in [0.717, 1.165) is 31.6 Å². The summed E-state index contributed by atoms with van der Waals surface area (Å²) in [6.45, 7) is 3.00. The Hall–Kier alpha value is -2.09. The van der Waals surface area contributed by atoms with E-state index in [9.17, 15) is 0 Å². The molecule has 0 radical (unpaired) electrons. The molecule has 0 saturated carbocycles. The van der Waals surface area contributed by atoms with Crippen LogP contribution >= 0.6 is 22.7 Å². The van der Waals surface area contributed by atoms with Gasteiger partial charge in [-0.1, -0.05) is 12.1 Å². The van der Waals surface area contributed by atoms with Crippen molar-refractivity contribution >= 4 is 32.9 Å².